The second-order valence-corrected chi connectivity index (χ2v) is 5.85. The molecule has 1 saturated heterocycles. The lowest BCUT2D eigenvalue weighted by molar-refractivity contribution is -0.144. The summed E-state index contributed by atoms with van der Waals surface area (Å²) in [5.74, 6) is 0.923. The van der Waals surface area contributed by atoms with E-state index in [4.69, 9.17) is 24.7 Å². The molecule has 0 amide bonds. The lowest BCUT2D eigenvalue weighted by atomic mass is 10.1. The van der Waals surface area contributed by atoms with Crippen LogP contribution in [0.4, 0.5) is 0 Å². The maximum absolute atomic E-state index is 11.6. The number of nitrogens with two attached hydrogens (primary N) is 1. The first-order chi connectivity index (χ1) is 12.1. The molecule has 1 fully saturated rings. The molecule has 1 atom stereocenters. The Balaban J connectivity index is 1.88. The quantitative estimate of drug-likeness (QED) is 0.659. The predicted molar refractivity (Wildman–Crippen MR) is 94.1 cm³/mol. The smallest absolute Gasteiger partial charge is 0.323 e. The predicted octanol–water partition coefficient (Wildman–Crippen LogP) is 0.839. The van der Waals surface area contributed by atoms with E-state index in [2.05, 4.69) is 4.90 Å². The molecular weight excluding hydrogens is 324 g/mol. The van der Waals surface area contributed by atoms with Crippen molar-refractivity contribution in [2.45, 2.75) is 19.4 Å². The first kappa shape index (κ1) is 19.5. The van der Waals surface area contributed by atoms with E-state index in [0.29, 0.717) is 31.1 Å². The lowest BCUT2D eigenvalue weighted by Gasteiger charge is -2.26. The second-order valence-electron chi connectivity index (χ2n) is 5.85. The lowest BCUT2D eigenvalue weighted by Crippen LogP contribution is -2.38. The van der Waals surface area contributed by atoms with Gasteiger partial charge in [-0.2, -0.15) is 0 Å². The van der Waals surface area contributed by atoms with Crippen LogP contribution in [0.25, 0.3) is 0 Å². The van der Waals surface area contributed by atoms with Crippen molar-refractivity contribution in [1.82, 2.24) is 4.90 Å². The average Bonchev–Trinajstić information content (AvgIpc) is 2.63. The van der Waals surface area contributed by atoms with E-state index in [1.54, 1.807) is 14.0 Å². The maximum Gasteiger partial charge on any atom is 0.323 e. The number of hydrogen-bond donors (Lipinski definition) is 1. The van der Waals surface area contributed by atoms with Crippen molar-refractivity contribution in [2.75, 3.05) is 53.2 Å². The van der Waals surface area contributed by atoms with Crippen LogP contribution in [-0.4, -0.2) is 70.1 Å². The Morgan fingerprint density at radius 3 is 2.76 bits per heavy atom. The molecule has 7 nitrogen and oxygen atoms in total. The molecule has 0 bridgehead atoms. The van der Waals surface area contributed by atoms with Gasteiger partial charge in [0.05, 0.1) is 26.9 Å². The van der Waals surface area contributed by atoms with Crippen molar-refractivity contribution < 1.29 is 23.7 Å². The fourth-order valence-corrected chi connectivity index (χ4v) is 2.65. The number of carbonyl (C=O) groups excluding carboxylic acids is 1. The molecule has 2 rings (SSSR count). The van der Waals surface area contributed by atoms with Crippen LogP contribution in [-0.2, 0) is 20.7 Å². The van der Waals surface area contributed by atoms with Gasteiger partial charge in [-0.15, -0.1) is 0 Å². The van der Waals surface area contributed by atoms with E-state index < -0.39 is 12.0 Å². The number of methoxy groups -OCH3 is 1. The summed E-state index contributed by atoms with van der Waals surface area (Å²) in [6.45, 7) is 6.94. The number of carbonyl (C=O) groups is 1. The molecule has 140 valence electrons. The zero-order chi connectivity index (χ0) is 18.1. The number of rotatable bonds is 9. The number of nitrogens with zero attached hydrogens (tertiary/aromatic N) is 1. The van der Waals surface area contributed by atoms with E-state index in [9.17, 15) is 4.79 Å². The number of ether oxygens (including phenoxy) is 4. The van der Waals surface area contributed by atoms with E-state index in [-0.39, 0.29) is 0 Å². The minimum Gasteiger partial charge on any atom is -0.493 e. The van der Waals surface area contributed by atoms with Crippen molar-refractivity contribution in [3.63, 3.8) is 0 Å². The summed E-state index contributed by atoms with van der Waals surface area (Å²) in [5, 5.41) is 0. The van der Waals surface area contributed by atoms with Crippen molar-refractivity contribution in [2.24, 2.45) is 5.73 Å². The number of hydrogen-bond acceptors (Lipinski definition) is 7. The molecule has 1 aliphatic heterocycles. The number of morpholine rings is 1. The summed E-state index contributed by atoms with van der Waals surface area (Å²) in [5.41, 5.74) is 6.77. The Hall–Kier alpha value is -1.83. The van der Waals surface area contributed by atoms with Crippen molar-refractivity contribution in [3.05, 3.63) is 23.8 Å². The molecule has 0 aliphatic carbocycles. The van der Waals surface area contributed by atoms with Crippen LogP contribution in [0.3, 0.4) is 0 Å². The molecule has 7 heteroatoms. The van der Waals surface area contributed by atoms with Gasteiger partial charge in [-0.05, 0) is 31.0 Å². The first-order valence-electron chi connectivity index (χ1n) is 8.66. The molecule has 25 heavy (non-hydrogen) atoms. The van der Waals surface area contributed by atoms with E-state index >= 15 is 0 Å². The molecule has 1 aromatic rings. The summed E-state index contributed by atoms with van der Waals surface area (Å²) in [6, 6.07) is 4.91. The van der Waals surface area contributed by atoms with Gasteiger partial charge in [0.1, 0.15) is 12.6 Å². The van der Waals surface area contributed by atoms with Gasteiger partial charge in [0, 0.05) is 19.6 Å². The third-order valence-corrected chi connectivity index (χ3v) is 4.04. The Bertz CT molecular complexity index is 546. The molecule has 0 spiro atoms. The highest BCUT2D eigenvalue weighted by atomic mass is 16.5. The SMILES string of the molecule is CCOC(=O)C(N)Cc1ccc(OCCN2CCOCC2)c(OC)c1. The molecule has 2 N–H and O–H groups in total. The minimum atomic E-state index is -0.683. The molecule has 0 aromatic heterocycles. The van der Waals surface area contributed by atoms with Gasteiger partial charge < -0.3 is 24.7 Å². The zero-order valence-electron chi connectivity index (χ0n) is 15.0. The van der Waals surface area contributed by atoms with Crippen LogP contribution in [0.1, 0.15) is 12.5 Å². The second kappa shape index (κ2) is 10.2. The average molecular weight is 352 g/mol. The number of benzene rings is 1. The highest BCUT2D eigenvalue weighted by Gasteiger charge is 2.17. The molecule has 1 aromatic carbocycles. The molecular formula is C18H28N2O5. The molecule has 1 heterocycles. The first-order valence-corrected chi connectivity index (χ1v) is 8.66. The maximum atomic E-state index is 11.6. The van der Waals surface area contributed by atoms with Gasteiger partial charge in [-0.3, -0.25) is 9.69 Å². The molecule has 1 unspecified atom stereocenters. The van der Waals surface area contributed by atoms with Gasteiger partial charge in [-0.1, -0.05) is 6.07 Å². The van der Waals surface area contributed by atoms with E-state index in [1.165, 1.54) is 0 Å². The Morgan fingerprint density at radius 1 is 1.32 bits per heavy atom. The van der Waals surface area contributed by atoms with Gasteiger partial charge >= 0.3 is 5.97 Å². The Kier molecular flexibility index (Phi) is 7.97. The third kappa shape index (κ3) is 6.19. The van der Waals surface area contributed by atoms with Crippen molar-refractivity contribution >= 4 is 5.97 Å². The van der Waals surface area contributed by atoms with E-state index in [0.717, 1.165) is 38.4 Å². The Labute approximate surface area is 149 Å². The van der Waals surface area contributed by atoms with Crippen LogP contribution in [0.2, 0.25) is 0 Å². The fraction of sp³-hybridized carbons (Fsp3) is 0.611. The molecule has 1 aliphatic rings. The van der Waals surface area contributed by atoms with Crippen LogP contribution in [0.15, 0.2) is 18.2 Å². The topological polar surface area (TPSA) is 83.2 Å². The number of esters is 1. The zero-order valence-corrected chi connectivity index (χ0v) is 15.0. The van der Waals surface area contributed by atoms with Crippen molar-refractivity contribution in [3.8, 4) is 11.5 Å². The van der Waals surface area contributed by atoms with E-state index in [1.807, 2.05) is 18.2 Å². The van der Waals surface area contributed by atoms with Gasteiger partial charge in [0.15, 0.2) is 11.5 Å². The van der Waals surface area contributed by atoms with Crippen LogP contribution < -0.4 is 15.2 Å². The highest BCUT2D eigenvalue weighted by molar-refractivity contribution is 5.75. The Morgan fingerprint density at radius 2 is 2.08 bits per heavy atom. The summed E-state index contributed by atoms with van der Waals surface area (Å²) >= 11 is 0. The van der Waals surface area contributed by atoms with Crippen LogP contribution in [0.5, 0.6) is 11.5 Å². The largest absolute Gasteiger partial charge is 0.493 e. The van der Waals surface area contributed by atoms with Crippen molar-refractivity contribution in [1.29, 1.82) is 0 Å². The van der Waals surface area contributed by atoms with Crippen LogP contribution >= 0.6 is 0 Å². The minimum absolute atomic E-state index is 0.325. The highest BCUT2D eigenvalue weighted by Crippen LogP contribution is 2.28. The van der Waals surface area contributed by atoms with Gasteiger partial charge in [0.25, 0.3) is 0 Å². The summed E-state index contributed by atoms with van der Waals surface area (Å²) in [7, 11) is 1.60. The normalized spacial score (nSPS) is 16.3. The van der Waals surface area contributed by atoms with Crippen LogP contribution in [0, 0.1) is 0 Å². The standard InChI is InChI=1S/C18H28N2O5/c1-3-24-18(21)15(19)12-14-4-5-16(17(13-14)22-2)25-11-8-20-6-9-23-10-7-20/h4-5,13,15H,3,6-12,19H2,1-2H3. The molecule has 0 saturated carbocycles. The van der Waals surface area contributed by atoms with Gasteiger partial charge in [-0.25, -0.2) is 0 Å². The summed E-state index contributed by atoms with van der Waals surface area (Å²) in [4.78, 5) is 14.0. The third-order valence-electron chi connectivity index (χ3n) is 4.04. The monoisotopic (exact) mass is 352 g/mol. The fourth-order valence-electron chi connectivity index (χ4n) is 2.65. The molecule has 0 radical (unpaired) electrons. The summed E-state index contributed by atoms with van der Waals surface area (Å²) < 4.78 is 21.5. The van der Waals surface area contributed by atoms with Gasteiger partial charge in [0.2, 0.25) is 0 Å². The summed E-state index contributed by atoms with van der Waals surface area (Å²) in [6.07, 6.45) is 0.392.